The Kier molecular flexibility index (Phi) is 5.93. The van der Waals surface area contributed by atoms with Gasteiger partial charge in [0.2, 0.25) is 0 Å². The molecule has 0 saturated heterocycles. The monoisotopic (exact) mass is 333 g/mol. The van der Waals surface area contributed by atoms with E-state index >= 15 is 0 Å². The van der Waals surface area contributed by atoms with Crippen LogP contribution in [0.25, 0.3) is 0 Å². The van der Waals surface area contributed by atoms with Crippen LogP contribution < -0.4 is 5.73 Å². The quantitative estimate of drug-likeness (QED) is 0.752. The van der Waals surface area contributed by atoms with Crippen LogP contribution in [0.15, 0.2) is 18.2 Å². The van der Waals surface area contributed by atoms with Crippen molar-refractivity contribution in [3.05, 3.63) is 34.9 Å². The predicted octanol–water partition coefficient (Wildman–Crippen LogP) is 2.41. The van der Waals surface area contributed by atoms with Gasteiger partial charge in [0, 0.05) is 19.3 Å². The summed E-state index contributed by atoms with van der Waals surface area (Å²) in [6.07, 6.45) is 6.37. The lowest BCUT2D eigenvalue weighted by molar-refractivity contribution is 0.0487. The number of nitrogens with two attached hydrogens (primary N) is 1. The van der Waals surface area contributed by atoms with Crippen LogP contribution in [0.5, 0.6) is 0 Å². The Hall–Kier alpha value is -0.940. The van der Waals surface area contributed by atoms with Crippen LogP contribution >= 0.6 is 0 Å². The molecule has 0 unspecified atom stereocenters. The Morgan fingerprint density at radius 1 is 1.25 bits per heavy atom. The maximum atomic E-state index is 9.47. The molecule has 4 nitrogen and oxygen atoms in total. The van der Waals surface area contributed by atoms with Crippen molar-refractivity contribution in [2.24, 2.45) is 11.7 Å². The summed E-state index contributed by atoms with van der Waals surface area (Å²) in [6, 6.07) is 6.98. The van der Waals surface area contributed by atoms with E-state index in [9.17, 15) is 5.11 Å². The van der Waals surface area contributed by atoms with Gasteiger partial charge >= 0.3 is 0 Å². The molecule has 3 atom stereocenters. The van der Waals surface area contributed by atoms with Gasteiger partial charge in [0.15, 0.2) is 0 Å². The lowest BCUT2D eigenvalue weighted by Gasteiger charge is -2.26. The molecule has 0 amide bonds. The molecule has 0 bridgehead atoms. The summed E-state index contributed by atoms with van der Waals surface area (Å²) in [5, 5.41) is 9.47. The third-order valence-corrected chi connectivity index (χ3v) is 5.78. The van der Waals surface area contributed by atoms with Gasteiger partial charge in [-0.1, -0.05) is 18.2 Å². The number of fused-ring (bicyclic) bond motifs is 1. The van der Waals surface area contributed by atoms with Gasteiger partial charge in [0.25, 0.3) is 0 Å². The molecule has 4 heteroatoms. The van der Waals surface area contributed by atoms with Crippen molar-refractivity contribution in [1.29, 1.82) is 0 Å². The molecule has 0 aliphatic heterocycles. The lowest BCUT2D eigenvalue weighted by atomic mass is 9.82. The van der Waals surface area contributed by atoms with E-state index in [0.29, 0.717) is 25.0 Å². The number of aliphatic hydroxyl groups is 1. The fourth-order valence-corrected chi connectivity index (χ4v) is 4.22. The minimum Gasteiger partial charge on any atom is -0.394 e. The highest BCUT2D eigenvalue weighted by molar-refractivity contribution is 5.36. The zero-order valence-electron chi connectivity index (χ0n) is 14.8. The van der Waals surface area contributed by atoms with Crippen molar-refractivity contribution in [3.63, 3.8) is 0 Å². The number of benzene rings is 1. The summed E-state index contributed by atoms with van der Waals surface area (Å²) in [6.45, 7) is 2.29. The summed E-state index contributed by atoms with van der Waals surface area (Å²) >= 11 is 0. The molecule has 1 saturated carbocycles. The molecule has 1 fully saturated rings. The van der Waals surface area contributed by atoms with E-state index < -0.39 is 0 Å². The molecular formula is C20H31NO3. The molecule has 0 radical (unpaired) electrons. The zero-order valence-corrected chi connectivity index (χ0v) is 14.8. The van der Waals surface area contributed by atoms with Crippen LogP contribution in [-0.4, -0.2) is 44.2 Å². The second kappa shape index (κ2) is 7.96. The maximum Gasteiger partial charge on any atom is 0.0700 e. The number of hydrogen-bond acceptors (Lipinski definition) is 4. The van der Waals surface area contributed by atoms with Gasteiger partial charge in [-0.3, -0.25) is 0 Å². The summed E-state index contributed by atoms with van der Waals surface area (Å²) < 4.78 is 10.7. The molecule has 0 spiro atoms. The van der Waals surface area contributed by atoms with Gasteiger partial charge in [-0.25, -0.2) is 0 Å². The van der Waals surface area contributed by atoms with Crippen molar-refractivity contribution in [3.8, 4) is 0 Å². The highest BCUT2D eigenvalue weighted by Gasteiger charge is 2.36. The van der Waals surface area contributed by atoms with E-state index in [0.717, 1.165) is 38.7 Å². The summed E-state index contributed by atoms with van der Waals surface area (Å²) in [4.78, 5) is 0. The molecule has 0 aromatic heterocycles. The summed E-state index contributed by atoms with van der Waals surface area (Å²) in [7, 11) is 1.71. The highest BCUT2D eigenvalue weighted by atomic mass is 16.5. The Morgan fingerprint density at radius 2 is 2.12 bits per heavy atom. The first kappa shape index (κ1) is 17.9. The smallest absolute Gasteiger partial charge is 0.0700 e. The van der Waals surface area contributed by atoms with E-state index in [1.807, 2.05) is 0 Å². The first-order valence-electron chi connectivity index (χ1n) is 9.21. The molecule has 2 aliphatic rings. The van der Waals surface area contributed by atoms with E-state index in [-0.39, 0.29) is 12.1 Å². The first-order chi connectivity index (χ1) is 11.6. The molecule has 0 heterocycles. The standard InChI is InChI=1S/C20H31NO3/c1-23-8-9-24-13-15-2-3-17-11-18(5-4-16(17)10-15)19-6-7-20(21,12-19)14-22/h4-5,11,15,19,22H,2-3,6-10,12-14,21H2,1H3/t15-,19-,20+/m0/s1. The molecule has 1 aromatic rings. The number of methoxy groups -OCH3 is 1. The Bertz CT molecular complexity index is 548. The second-order valence-electron chi connectivity index (χ2n) is 7.66. The van der Waals surface area contributed by atoms with E-state index in [1.165, 1.54) is 23.1 Å². The lowest BCUT2D eigenvalue weighted by Crippen LogP contribution is -2.40. The van der Waals surface area contributed by atoms with Crippen molar-refractivity contribution < 1.29 is 14.6 Å². The zero-order chi connectivity index (χ0) is 17.0. The van der Waals surface area contributed by atoms with Gasteiger partial charge in [-0.05, 0) is 67.1 Å². The van der Waals surface area contributed by atoms with Crippen LogP contribution in [0.4, 0.5) is 0 Å². The first-order valence-corrected chi connectivity index (χ1v) is 9.21. The Morgan fingerprint density at radius 3 is 2.88 bits per heavy atom. The fourth-order valence-electron chi connectivity index (χ4n) is 4.22. The van der Waals surface area contributed by atoms with Crippen LogP contribution in [0.3, 0.4) is 0 Å². The van der Waals surface area contributed by atoms with E-state index in [2.05, 4.69) is 18.2 Å². The molecule has 3 rings (SSSR count). The predicted molar refractivity (Wildman–Crippen MR) is 95.2 cm³/mol. The normalized spacial score (nSPS) is 29.6. The average Bonchev–Trinajstić information content (AvgIpc) is 3.01. The van der Waals surface area contributed by atoms with Crippen LogP contribution in [0.1, 0.15) is 48.3 Å². The van der Waals surface area contributed by atoms with Crippen molar-refractivity contribution in [2.75, 3.05) is 33.5 Å². The minimum atomic E-state index is -0.370. The molecule has 2 aliphatic carbocycles. The number of aliphatic hydroxyl groups excluding tert-OH is 1. The van der Waals surface area contributed by atoms with E-state index in [1.54, 1.807) is 7.11 Å². The molecular weight excluding hydrogens is 302 g/mol. The highest BCUT2D eigenvalue weighted by Crippen LogP contribution is 2.40. The van der Waals surface area contributed by atoms with Gasteiger partial charge in [0.05, 0.1) is 19.8 Å². The van der Waals surface area contributed by atoms with Crippen molar-refractivity contribution >= 4 is 0 Å². The van der Waals surface area contributed by atoms with Crippen molar-refractivity contribution in [1.82, 2.24) is 0 Å². The molecule has 1 aromatic carbocycles. The third kappa shape index (κ3) is 4.17. The summed E-state index contributed by atoms with van der Waals surface area (Å²) in [5.74, 6) is 1.13. The summed E-state index contributed by atoms with van der Waals surface area (Å²) in [5.41, 5.74) is 10.2. The Labute approximate surface area is 145 Å². The molecule has 134 valence electrons. The average molecular weight is 333 g/mol. The van der Waals surface area contributed by atoms with Gasteiger partial charge in [-0.2, -0.15) is 0 Å². The third-order valence-electron chi connectivity index (χ3n) is 5.78. The number of rotatable bonds is 7. The maximum absolute atomic E-state index is 9.47. The van der Waals surface area contributed by atoms with Crippen LogP contribution in [0, 0.1) is 5.92 Å². The molecule has 24 heavy (non-hydrogen) atoms. The number of ether oxygens (including phenoxy) is 2. The topological polar surface area (TPSA) is 64.7 Å². The van der Waals surface area contributed by atoms with Gasteiger partial charge in [0.1, 0.15) is 0 Å². The van der Waals surface area contributed by atoms with E-state index in [4.69, 9.17) is 15.2 Å². The van der Waals surface area contributed by atoms with Gasteiger partial charge < -0.3 is 20.3 Å². The number of aryl methyl sites for hydroxylation is 1. The number of hydrogen-bond donors (Lipinski definition) is 2. The van der Waals surface area contributed by atoms with Crippen molar-refractivity contribution in [2.45, 2.75) is 50.0 Å². The van der Waals surface area contributed by atoms with Crippen LogP contribution in [-0.2, 0) is 22.3 Å². The van der Waals surface area contributed by atoms with Gasteiger partial charge in [-0.15, -0.1) is 0 Å². The SMILES string of the molecule is COCCOC[C@H]1CCc2cc([C@H]3CC[C@](N)(CO)C3)ccc2C1. The minimum absolute atomic E-state index is 0.0964. The molecule has 3 N–H and O–H groups in total. The largest absolute Gasteiger partial charge is 0.394 e. The second-order valence-corrected chi connectivity index (χ2v) is 7.66. The van der Waals surface area contributed by atoms with Crippen LogP contribution in [0.2, 0.25) is 0 Å². The fraction of sp³-hybridized carbons (Fsp3) is 0.700. The Balaban J connectivity index is 1.58.